The first-order valence-electron chi connectivity index (χ1n) is 10.00. The Balaban J connectivity index is 2.13. The summed E-state index contributed by atoms with van der Waals surface area (Å²) in [6.07, 6.45) is 4.71. The van der Waals surface area contributed by atoms with Gasteiger partial charge in [-0.2, -0.15) is 0 Å². The molecule has 1 aromatic carbocycles. The van der Waals surface area contributed by atoms with Crippen LogP contribution in [0.1, 0.15) is 51.2 Å². The summed E-state index contributed by atoms with van der Waals surface area (Å²) < 4.78 is 5.58. The molecule has 2 amide bonds. The Labute approximate surface area is 166 Å². The minimum Gasteiger partial charge on any atom is -0.456 e. The van der Waals surface area contributed by atoms with Crippen molar-refractivity contribution in [2.75, 3.05) is 19.6 Å². The number of esters is 1. The van der Waals surface area contributed by atoms with E-state index in [2.05, 4.69) is 5.32 Å². The van der Waals surface area contributed by atoms with Gasteiger partial charge in [0.1, 0.15) is 6.10 Å². The van der Waals surface area contributed by atoms with Gasteiger partial charge in [-0.1, -0.05) is 42.5 Å². The predicted molar refractivity (Wildman–Crippen MR) is 107 cm³/mol. The van der Waals surface area contributed by atoms with Gasteiger partial charge in [0.05, 0.1) is 12.5 Å². The number of rotatable bonds is 5. The molecular formula is C22H30N2O4. The molecule has 6 nitrogen and oxygen atoms in total. The van der Waals surface area contributed by atoms with Crippen molar-refractivity contribution in [3.05, 3.63) is 48.0 Å². The monoisotopic (exact) mass is 386 g/mol. The molecule has 152 valence electrons. The molecule has 2 atom stereocenters. The number of benzene rings is 1. The van der Waals surface area contributed by atoms with Crippen molar-refractivity contribution >= 4 is 17.8 Å². The van der Waals surface area contributed by atoms with E-state index in [0.29, 0.717) is 25.9 Å². The highest BCUT2D eigenvalue weighted by atomic mass is 16.5. The lowest BCUT2D eigenvalue weighted by molar-refractivity contribution is -0.150. The first kappa shape index (κ1) is 21.7. The van der Waals surface area contributed by atoms with Crippen LogP contribution in [0.4, 0.5) is 0 Å². The molecule has 0 saturated heterocycles. The Hall–Kier alpha value is -2.63. The quantitative estimate of drug-likeness (QED) is 0.623. The number of carbonyl (C=O) groups is 3. The van der Waals surface area contributed by atoms with Gasteiger partial charge in [0.25, 0.3) is 0 Å². The van der Waals surface area contributed by atoms with Gasteiger partial charge in [0.15, 0.2) is 0 Å². The van der Waals surface area contributed by atoms with E-state index >= 15 is 0 Å². The van der Waals surface area contributed by atoms with Crippen molar-refractivity contribution in [3.8, 4) is 0 Å². The number of cyclic esters (lactones) is 1. The number of nitrogens with zero attached hydrogens (tertiary/aromatic N) is 1. The fraction of sp³-hybridized carbons (Fsp3) is 0.500. The SMILES string of the molecule is CCN(CC)C(=O)C[C@@H]1C/C=C\CCC(=O)O[C@H](c2ccccc2)CNC1=O. The van der Waals surface area contributed by atoms with Crippen LogP contribution in [0.3, 0.4) is 0 Å². The average molecular weight is 386 g/mol. The van der Waals surface area contributed by atoms with Gasteiger partial charge in [0.2, 0.25) is 11.8 Å². The van der Waals surface area contributed by atoms with Crippen LogP contribution >= 0.6 is 0 Å². The number of carbonyl (C=O) groups excluding carboxylic acids is 3. The molecular weight excluding hydrogens is 356 g/mol. The maximum atomic E-state index is 12.8. The van der Waals surface area contributed by atoms with Gasteiger partial charge < -0.3 is 15.0 Å². The zero-order chi connectivity index (χ0) is 20.4. The molecule has 0 aliphatic carbocycles. The van der Waals surface area contributed by atoms with E-state index in [1.807, 2.05) is 56.3 Å². The molecule has 0 spiro atoms. The Morgan fingerprint density at radius 3 is 2.54 bits per heavy atom. The van der Waals surface area contributed by atoms with E-state index in [4.69, 9.17) is 4.74 Å². The number of amides is 2. The van der Waals surface area contributed by atoms with E-state index in [9.17, 15) is 14.4 Å². The standard InChI is InChI=1S/C22H30N2O4/c1-3-24(4-2)20(25)15-18-13-9-6-10-14-21(26)28-19(16-23-22(18)27)17-11-7-5-8-12-17/h5-9,11-12,18-19H,3-4,10,13-16H2,1-2H3,(H,23,27)/b9-6-/t18-,19-/m0/s1. The van der Waals surface area contributed by atoms with Crippen LogP contribution in [0.2, 0.25) is 0 Å². The smallest absolute Gasteiger partial charge is 0.306 e. The van der Waals surface area contributed by atoms with Crippen molar-refractivity contribution in [2.45, 2.75) is 45.6 Å². The van der Waals surface area contributed by atoms with Crippen molar-refractivity contribution in [1.29, 1.82) is 0 Å². The van der Waals surface area contributed by atoms with Crippen molar-refractivity contribution < 1.29 is 19.1 Å². The summed E-state index contributed by atoms with van der Waals surface area (Å²) in [6, 6.07) is 9.37. The van der Waals surface area contributed by atoms with Crippen molar-refractivity contribution in [2.24, 2.45) is 5.92 Å². The number of ether oxygens (including phenoxy) is 1. The average Bonchev–Trinajstić information content (AvgIpc) is 2.70. The molecule has 6 heteroatoms. The lowest BCUT2D eigenvalue weighted by Crippen LogP contribution is -2.39. The lowest BCUT2D eigenvalue weighted by Gasteiger charge is -2.24. The number of hydrogen-bond acceptors (Lipinski definition) is 4. The van der Waals surface area contributed by atoms with Crippen LogP contribution in [-0.2, 0) is 19.1 Å². The van der Waals surface area contributed by atoms with Crippen molar-refractivity contribution in [3.63, 3.8) is 0 Å². The number of hydrogen-bond donors (Lipinski definition) is 1. The predicted octanol–water partition coefficient (Wildman–Crippen LogP) is 3.00. The minimum absolute atomic E-state index is 0.0170. The molecule has 1 N–H and O–H groups in total. The Morgan fingerprint density at radius 1 is 1.14 bits per heavy atom. The van der Waals surface area contributed by atoms with E-state index in [1.165, 1.54) is 0 Å². The normalized spacial score (nSPS) is 22.2. The Bertz CT molecular complexity index is 683. The van der Waals surface area contributed by atoms with Gasteiger partial charge in [-0.05, 0) is 32.3 Å². The first-order valence-corrected chi connectivity index (χ1v) is 10.00. The van der Waals surface area contributed by atoms with Gasteiger partial charge in [0, 0.05) is 25.9 Å². The van der Waals surface area contributed by atoms with E-state index < -0.39 is 12.0 Å². The highest BCUT2D eigenvalue weighted by Crippen LogP contribution is 2.20. The second-order valence-corrected chi connectivity index (χ2v) is 6.85. The van der Waals surface area contributed by atoms with Crippen molar-refractivity contribution in [1.82, 2.24) is 10.2 Å². The summed E-state index contributed by atoms with van der Waals surface area (Å²) in [5.41, 5.74) is 0.833. The third kappa shape index (κ3) is 6.51. The number of nitrogens with one attached hydrogen (secondary N) is 1. The van der Waals surface area contributed by atoms with Crippen LogP contribution in [-0.4, -0.2) is 42.3 Å². The molecule has 1 aliphatic rings. The first-order chi connectivity index (χ1) is 13.5. The molecule has 0 bridgehead atoms. The van der Waals surface area contributed by atoms with E-state index in [0.717, 1.165) is 5.56 Å². The lowest BCUT2D eigenvalue weighted by atomic mass is 9.98. The molecule has 28 heavy (non-hydrogen) atoms. The summed E-state index contributed by atoms with van der Waals surface area (Å²) in [5.74, 6) is -0.933. The summed E-state index contributed by atoms with van der Waals surface area (Å²) in [4.78, 5) is 39.1. The Kier molecular flexibility index (Phi) is 8.72. The summed E-state index contributed by atoms with van der Waals surface area (Å²) in [6.45, 7) is 5.31. The maximum absolute atomic E-state index is 12.8. The molecule has 0 saturated carbocycles. The van der Waals surface area contributed by atoms with Crippen LogP contribution in [0.25, 0.3) is 0 Å². The van der Waals surface area contributed by atoms with Gasteiger partial charge in [-0.15, -0.1) is 0 Å². The molecule has 1 aromatic rings. The van der Waals surface area contributed by atoms with E-state index in [-0.39, 0.29) is 37.2 Å². The van der Waals surface area contributed by atoms with Crippen LogP contribution in [0.15, 0.2) is 42.5 Å². The van der Waals surface area contributed by atoms with Crippen LogP contribution in [0, 0.1) is 5.92 Å². The Morgan fingerprint density at radius 2 is 1.86 bits per heavy atom. The summed E-state index contributed by atoms with van der Waals surface area (Å²) in [7, 11) is 0. The van der Waals surface area contributed by atoms with Crippen LogP contribution in [0.5, 0.6) is 0 Å². The zero-order valence-corrected chi connectivity index (χ0v) is 16.7. The van der Waals surface area contributed by atoms with Crippen LogP contribution < -0.4 is 5.32 Å². The third-order valence-corrected chi connectivity index (χ3v) is 4.92. The molecule has 2 rings (SSSR count). The van der Waals surface area contributed by atoms with Gasteiger partial charge in [-0.3, -0.25) is 14.4 Å². The molecule has 0 aromatic heterocycles. The summed E-state index contributed by atoms with van der Waals surface area (Å²) >= 11 is 0. The molecule has 1 aliphatic heterocycles. The van der Waals surface area contributed by atoms with E-state index in [1.54, 1.807) is 4.90 Å². The maximum Gasteiger partial charge on any atom is 0.306 e. The fourth-order valence-corrected chi connectivity index (χ4v) is 3.23. The zero-order valence-electron chi connectivity index (χ0n) is 16.7. The number of allylic oxidation sites excluding steroid dienone is 2. The summed E-state index contributed by atoms with van der Waals surface area (Å²) in [5, 5.41) is 2.88. The van der Waals surface area contributed by atoms with Gasteiger partial charge >= 0.3 is 5.97 Å². The highest BCUT2D eigenvalue weighted by molar-refractivity contribution is 5.86. The molecule has 1 heterocycles. The fourth-order valence-electron chi connectivity index (χ4n) is 3.23. The highest BCUT2D eigenvalue weighted by Gasteiger charge is 2.25. The second-order valence-electron chi connectivity index (χ2n) is 6.85. The van der Waals surface area contributed by atoms with Gasteiger partial charge in [-0.25, -0.2) is 0 Å². The molecule has 0 fully saturated rings. The molecule has 0 radical (unpaired) electrons. The largest absolute Gasteiger partial charge is 0.456 e. The third-order valence-electron chi connectivity index (χ3n) is 4.92. The topological polar surface area (TPSA) is 75.7 Å². The second kappa shape index (κ2) is 11.3. The minimum atomic E-state index is -0.541. The molecule has 0 unspecified atom stereocenters.